The van der Waals surface area contributed by atoms with Crippen LogP contribution in [0.15, 0.2) is 0 Å². The van der Waals surface area contributed by atoms with Crippen LogP contribution >= 0.6 is 12.6 Å². The van der Waals surface area contributed by atoms with Gasteiger partial charge in [0.2, 0.25) is 11.8 Å². The summed E-state index contributed by atoms with van der Waals surface area (Å²) in [5, 5.41) is 17.7. The molecular weight excluding hydrogens is 538 g/mol. The van der Waals surface area contributed by atoms with Gasteiger partial charge in [0.25, 0.3) is 11.7 Å². The number of piperidine rings is 1. The number of primary amides is 1. The highest BCUT2D eigenvalue weighted by atomic mass is 32.1. The van der Waals surface area contributed by atoms with E-state index in [1.54, 1.807) is 0 Å². The maximum Gasteiger partial charge on any atom is 0.323 e. The van der Waals surface area contributed by atoms with E-state index in [0.29, 0.717) is 19.1 Å². The monoisotopic (exact) mass is 583 g/mol. The Balaban J connectivity index is 1.74. The van der Waals surface area contributed by atoms with Crippen molar-refractivity contribution in [2.75, 3.05) is 13.2 Å². The SMILES string of the molecule is CC(C)[C@H](NC(O)N[C@H](C(=O)N1C[C@H]2[C@@H]([C@H]1C(=O)NC(S)C(=O)C(N)=O)C2(C)C)C(C)(C)C)C(=O)OCC1CC1. The lowest BCUT2D eigenvalue weighted by Gasteiger charge is -2.39. The lowest BCUT2D eigenvalue weighted by atomic mass is 9.85. The number of rotatable bonds is 13. The van der Waals surface area contributed by atoms with Gasteiger partial charge in [0.1, 0.15) is 17.5 Å². The van der Waals surface area contributed by atoms with Gasteiger partial charge in [0.15, 0.2) is 6.35 Å². The van der Waals surface area contributed by atoms with E-state index >= 15 is 0 Å². The van der Waals surface area contributed by atoms with E-state index in [0.717, 1.165) is 12.8 Å². The van der Waals surface area contributed by atoms with Crippen LogP contribution in [0.1, 0.15) is 61.3 Å². The van der Waals surface area contributed by atoms with E-state index in [9.17, 15) is 29.1 Å². The molecule has 0 aromatic heterocycles. The summed E-state index contributed by atoms with van der Waals surface area (Å²) in [5.74, 6) is -3.65. The van der Waals surface area contributed by atoms with Gasteiger partial charge in [-0.15, -0.1) is 12.6 Å². The molecule has 2 aliphatic carbocycles. The van der Waals surface area contributed by atoms with Crippen molar-refractivity contribution in [3.05, 3.63) is 0 Å². The molecule has 0 bridgehead atoms. The van der Waals surface area contributed by atoms with Crippen molar-refractivity contribution in [1.29, 1.82) is 0 Å². The topological polar surface area (TPSA) is 180 Å². The molecular formula is C27H45N5O7S. The first-order valence-electron chi connectivity index (χ1n) is 13.9. The van der Waals surface area contributed by atoms with Gasteiger partial charge in [0, 0.05) is 6.54 Å². The van der Waals surface area contributed by atoms with Gasteiger partial charge >= 0.3 is 5.97 Å². The molecule has 1 saturated heterocycles. The zero-order chi connectivity index (χ0) is 30.3. The molecule has 0 radical (unpaired) electrons. The van der Waals surface area contributed by atoms with Crippen LogP contribution in [0.25, 0.3) is 0 Å². The minimum absolute atomic E-state index is 0.0626. The molecule has 3 rings (SSSR count). The van der Waals surface area contributed by atoms with E-state index in [1.165, 1.54) is 4.90 Å². The van der Waals surface area contributed by atoms with Crippen molar-refractivity contribution >= 4 is 42.1 Å². The summed E-state index contributed by atoms with van der Waals surface area (Å²) in [6.07, 6.45) is 0.652. The molecule has 0 spiro atoms. The molecule has 1 aliphatic heterocycles. The number of carbonyl (C=O) groups is 5. The summed E-state index contributed by atoms with van der Waals surface area (Å²) in [6.45, 7) is 13.8. The molecule has 6 N–H and O–H groups in total. The van der Waals surface area contributed by atoms with Gasteiger partial charge in [-0.2, -0.15) is 0 Å². The fraction of sp³-hybridized carbons (Fsp3) is 0.815. The predicted molar refractivity (Wildman–Crippen MR) is 149 cm³/mol. The third-order valence-electron chi connectivity index (χ3n) is 8.38. The molecule has 2 unspecified atom stereocenters. The normalized spacial score (nSPS) is 26.4. The standard InChI is InChI=1S/C27H45N5O7S/c1-12(2)16(24(37)39-11-13-8-9-13)29-25(38)30-19(26(3,4)5)23(36)32-10-14-15(27(14,6)7)17(32)21(35)31-22(40)18(33)20(28)34/h12-17,19,22,25,29-30,38,40H,8-11H2,1-7H3,(H2,28,34)(H,31,35)/t14-,15-,16-,17-,19+,22?,25?/m0/s1. The summed E-state index contributed by atoms with van der Waals surface area (Å²) >= 11 is 4.01. The van der Waals surface area contributed by atoms with Crippen LogP contribution in [-0.4, -0.2) is 82.5 Å². The van der Waals surface area contributed by atoms with E-state index in [1.807, 2.05) is 48.5 Å². The van der Waals surface area contributed by atoms with E-state index in [2.05, 4.69) is 28.6 Å². The summed E-state index contributed by atoms with van der Waals surface area (Å²) in [4.78, 5) is 64.6. The van der Waals surface area contributed by atoms with Gasteiger partial charge in [-0.1, -0.05) is 48.5 Å². The average Bonchev–Trinajstić information content (AvgIpc) is 3.70. The molecule has 3 amide bonds. The number of aliphatic hydroxyl groups excluding tert-OH is 1. The largest absolute Gasteiger partial charge is 0.464 e. The van der Waals surface area contributed by atoms with Crippen LogP contribution in [0, 0.1) is 34.5 Å². The van der Waals surface area contributed by atoms with E-state index in [4.69, 9.17) is 10.5 Å². The van der Waals surface area contributed by atoms with Crippen LogP contribution in [0.3, 0.4) is 0 Å². The van der Waals surface area contributed by atoms with Crippen molar-refractivity contribution in [2.45, 2.75) is 91.2 Å². The Bertz CT molecular complexity index is 1030. The van der Waals surface area contributed by atoms with Gasteiger partial charge < -0.3 is 25.8 Å². The number of thiol groups is 1. The van der Waals surface area contributed by atoms with E-state index in [-0.39, 0.29) is 23.2 Å². The third-order valence-corrected chi connectivity index (χ3v) is 8.75. The highest BCUT2D eigenvalue weighted by molar-refractivity contribution is 7.82. The maximum absolute atomic E-state index is 14.0. The lowest BCUT2D eigenvalue weighted by Crippen LogP contribution is -2.63. The highest BCUT2D eigenvalue weighted by Crippen LogP contribution is 2.65. The molecule has 13 heteroatoms. The number of esters is 1. The predicted octanol–water partition coefficient (Wildman–Crippen LogP) is -0.256. The number of hydrogen-bond acceptors (Lipinski definition) is 10. The number of nitrogens with zero attached hydrogens (tertiary/aromatic N) is 1. The molecule has 226 valence electrons. The smallest absolute Gasteiger partial charge is 0.323 e. The summed E-state index contributed by atoms with van der Waals surface area (Å²) in [5.41, 5.74) is 4.14. The number of amides is 3. The molecule has 2 saturated carbocycles. The molecule has 3 aliphatic rings. The van der Waals surface area contributed by atoms with Crippen LogP contribution in [-0.2, 0) is 28.7 Å². The molecule has 0 aromatic carbocycles. The zero-order valence-corrected chi connectivity index (χ0v) is 25.3. The molecule has 40 heavy (non-hydrogen) atoms. The van der Waals surface area contributed by atoms with E-state index < -0.39 is 64.7 Å². The second-order valence-corrected chi connectivity index (χ2v) is 13.9. The van der Waals surface area contributed by atoms with Crippen molar-refractivity contribution in [2.24, 2.45) is 40.2 Å². The summed E-state index contributed by atoms with van der Waals surface area (Å²) < 4.78 is 5.41. The molecule has 3 fully saturated rings. The number of carbonyl (C=O) groups excluding carboxylic acids is 5. The van der Waals surface area contributed by atoms with Crippen LogP contribution < -0.4 is 21.7 Å². The minimum atomic E-state index is -1.43. The molecule has 7 atom stereocenters. The Hall–Kier alpha value is -2.22. The fourth-order valence-electron chi connectivity index (χ4n) is 5.57. The average molecular weight is 584 g/mol. The number of likely N-dealkylation sites (tertiary alicyclic amines) is 1. The molecule has 1 heterocycles. The van der Waals surface area contributed by atoms with Crippen LogP contribution in [0.5, 0.6) is 0 Å². The Morgan fingerprint density at radius 3 is 2.23 bits per heavy atom. The van der Waals surface area contributed by atoms with Gasteiger partial charge in [-0.25, -0.2) is 0 Å². The number of ketones is 1. The summed E-state index contributed by atoms with van der Waals surface area (Å²) in [7, 11) is 0. The number of nitrogens with two attached hydrogens (primary N) is 1. The lowest BCUT2D eigenvalue weighted by molar-refractivity contribution is -0.150. The molecule has 0 aromatic rings. The number of Topliss-reactive ketones (excluding diaryl/α,β-unsaturated/α-hetero) is 1. The van der Waals surface area contributed by atoms with Gasteiger partial charge in [-0.3, -0.25) is 34.6 Å². The first kappa shape index (κ1) is 32.3. The summed E-state index contributed by atoms with van der Waals surface area (Å²) in [6, 6.07) is -2.65. The number of aliphatic hydroxyl groups is 1. The Labute approximate surface area is 241 Å². The third kappa shape index (κ3) is 7.15. The number of fused-ring (bicyclic) bond motifs is 1. The Morgan fingerprint density at radius 1 is 1.12 bits per heavy atom. The number of hydrogen-bond donors (Lipinski definition) is 6. The maximum atomic E-state index is 14.0. The molecule has 12 nitrogen and oxygen atoms in total. The second-order valence-electron chi connectivity index (χ2n) is 13.4. The van der Waals surface area contributed by atoms with Crippen molar-refractivity contribution in [1.82, 2.24) is 20.9 Å². The van der Waals surface area contributed by atoms with Crippen molar-refractivity contribution < 1.29 is 33.8 Å². The van der Waals surface area contributed by atoms with Crippen LogP contribution in [0.4, 0.5) is 0 Å². The van der Waals surface area contributed by atoms with Crippen LogP contribution in [0.2, 0.25) is 0 Å². The number of nitrogens with one attached hydrogen (secondary N) is 3. The van der Waals surface area contributed by atoms with Gasteiger partial charge in [-0.05, 0) is 47.3 Å². The Kier molecular flexibility index (Phi) is 9.65. The number of ether oxygens (including phenoxy) is 1. The zero-order valence-electron chi connectivity index (χ0n) is 24.4. The highest BCUT2D eigenvalue weighted by Gasteiger charge is 2.69. The second kappa shape index (κ2) is 11.9. The quantitative estimate of drug-likeness (QED) is 0.0737. The minimum Gasteiger partial charge on any atom is -0.464 e. The first-order valence-corrected chi connectivity index (χ1v) is 14.4. The fourth-order valence-corrected chi connectivity index (χ4v) is 5.83. The van der Waals surface area contributed by atoms with Crippen molar-refractivity contribution in [3.63, 3.8) is 0 Å². The Morgan fingerprint density at radius 2 is 1.73 bits per heavy atom. The van der Waals surface area contributed by atoms with Gasteiger partial charge in [0.05, 0.1) is 12.6 Å². The first-order chi connectivity index (χ1) is 18.4. The van der Waals surface area contributed by atoms with Crippen molar-refractivity contribution in [3.8, 4) is 0 Å².